The highest BCUT2D eigenvalue weighted by molar-refractivity contribution is 5.50. The number of nitrogens with zero attached hydrogens (tertiary/aromatic N) is 1. The van der Waals surface area contributed by atoms with Crippen LogP contribution in [-0.2, 0) is 6.54 Å². The molecule has 2 rings (SSSR count). The quantitative estimate of drug-likeness (QED) is 0.807. The van der Waals surface area contributed by atoms with Crippen molar-refractivity contribution in [1.82, 2.24) is 0 Å². The monoisotopic (exact) mass is 238 g/mol. The molecule has 90 valence electrons. The molecule has 0 aliphatic carbocycles. The van der Waals surface area contributed by atoms with Gasteiger partial charge in [-0.2, -0.15) is 5.26 Å². The van der Waals surface area contributed by atoms with Crippen LogP contribution in [0.25, 0.3) is 0 Å². The summed E-state index contributed by atoms with van der Waals surface area (Å²) in [5.41, 5.74) is 3.59. The molecular weight excluding hydrogens is 224 g/mol. The minimum atomic E-state index is 0.305. The van der Waals surface area contributed by atoms with E-state index in [9.17, 15) is 5.11 Å². The number of nitrogens with one attached hydrogen (secondary N) is 1. The first-order valence-corrected chi connectivity index (χ1v) is 5.71. The minimum absolute atomic E-state index is 0.305. The number of anilines is 1. The number of aryl methyl sites for hydroxylation is 1. The zero-order chi connectivity index (χ0) is 13.0. The lowest BCUT2D eigenvalue weighted by Gasteiger charge is -2.08. The number of hydrogen-bond donors (Lipinski definition) is 2. The van der Waals surface area contributed by atoms with Crippen molar-refractivity contribution in [2.75, 3.05) is 5.32 Å². The summed E-state index contributed by atoms with van der Waals surface area (Å²) in [4.78, 5) is 0. The van der Waals surface area contributed by atoms with Gasteiger partial charge in [-0.1, -0.05) is 12.1 Å². The molecule has 2 N–H and O–H groups in total. The van der Waals surface area contributed by atoms with E-state index in [1.54, 1.807) is 18.2 Å². The first-order chi connectivity index (χ1) is 8.69. The SMILES string of the molecule is Cc1cc(NCc2ccc(C#N)cc2)ccc1O. The predicted molar refractivity (Wildman–Crippen MR) is 71.3 cm³/mol. The number of hydrogen-bond acceptors (Lipinski definition) is 3. The molecule has 0 aliphatic heterocycles. The molecule has 0 aromatic heterocycles. The molecule has 3 heteroatoms. The van der Waals surface area contributed by atoms with E-state index < -0.39 is 0 Å². The molecule has 2 aromatic carbocycles. The van der Waals surface area contributed by atoms with E-state index in [0.717, 1.165) is 16.8 Å². The second kappa shape index (κ2) is 5.24. The first-order valence-electron chi connectivity index (χ1n) is 5.71. The van der Waals surface area contributed by atoms with Gasteiger partial charge in [0.15, 0.2) is 0 Å². The Labute approximate surface area is 106 Å². The minimum Gasteiger partial charge on any atom is -0.508 e. The molecule has 3 nitrogen and oxygen atoms in total. The lowest BCUT2D eigenvalue weighted by Crippen LogP contribution is -1.99. The molecule has 0 amide bonds. The van der Waals surface area contributed by atoms with Crippen molar-refractivity contribution in [3.63, 3.8) is 0 Å². The highest BCUT2D eigenvalue weighted by atomic mass is 16.3. The molecule has 0 saturated carbocycles. The Hall–Kier alpha value is -2.47. The number of nitriles is 1. The molecule has 0 fully saturated rings. The van der Waals surface area contributed by atoms with Crippen molar-refractivity contribution in [3.05, 3.63) is 59.2 Å². The van der Waals surface area contributed by atoms with Crippen molar-refractivity contribution in [1.29, 1.82) is 5.26 Å². The Morgan fingerprint density at radius 2 is 1.89 bits per heavy atom. The largest absolute Gasteiger partial charge is 0.508 e. The van der Waals surface area contributed by atoms with Gasteiger partial charge in [0.2, 0.25) is 0 Å². The van der Waals surface area contributed by atoms with Gasteiger partial charge < -0.3 is 10.4 Å². The van der Waals surface area contributed by atoms with Crippen molar-refractivity contribution in [2.45, 2.75) is 13.5 Å². The zero-order valence-electron chi connectivity index (χ0n) is 10.1. The molecule has 0 heterocycles. The summed E-state index contributed by atoms with van der Waals surface area (Å²) in [7, 11) is 0. The Bertz CT molecular complexity index is 582. The van der Waals surface area contributed by atoms with Crippen LogP contribution in [0.5, 0.6) is 5.75 Å². The lowest BCUT2D eigenvalue weighted by atomic mass is 10.1. The molecule has 18 heavy (non-hydrogen) atoms. The summed E-state index contributed by atoms with van der Waals surface area (Å²) in [6.45, 7) is 2.55. The molecule has 0 unspecified atom stereocenters. The topological polar surface area (TPSA) is 56.0 Å². The third-order valence-corrected chi connectivity index (χ3v) is 2.78. The Kier molecular flexibility index (Phi) is 3.49. The van der Waals surface area contributed by atoms with Gasteiger partial charge in [-0.3, -0.25) is 0 Å². The van der Waals surface area contributed by atoms with E-state index >= 15 is 0 Å². The first kappa shape index (κ1) is 12.0. The van der Waals surface area contributed by atoms with Crippen LogP contribution in [0.2, 0.25) is 0 Å². The molecule has 0 spiro atoms. The maximum atomic E-state index is 9.43. The fourth-order valence-electron chi connectivity index (χ4n) is 1.67. The van der Waals surface area contributed by atoms with Crippen LogP contribution >= 0.6 is 0 Å². The van der Waals surface area contributed by atoms with Crippen LogP contribution in [0.3, 0.4) is 0 Å². The van der Waals surface area contributed by atoms with Crippen molar-refractivity contribution in [3.8, 4) is 11.8 Å². The van der Waals surface area contributed by atoms with E-state index in [0.29, 0.717) is 17.9 Å². The number of benzene rings is 2. The Morgan fingerprint density at radius 3 is 2.50 bits per heavy atom. The van der Waals surface area contributed by atoms with Gasteiger partial charge >= 0.3 is 0 Å². The fourth-order valence-corrected chi connectivity index (χ4v) is 1.67. The summed E-state index contributed by atoms with van der Waals surface area (Å²) >= 11 is 0. The van der Waals surface area contributed by atoms with E-state index in [-0.39, 0.29) is 0 Å². The molecule has 2 aromatic rings. The van der Waals surface area contributed by atoms with Crippen LogP contribution in [0, 0.1) is 18.3 Å². The summed E-state index contributed by atoms with van der Waals surface area (Å²) < 4.78 is 0. The van der Waals surface area contributed by atoms with Gasteiger partial charge in [-0.25, -0.2) is 0 Å². The molecule has 0 bridgehead atoms. The van der Waals surface area contributed by atoms with E-state index in [2.05, 4.69) is 11.4 Å². The van der Waals surface area contributed by atoms with Crippen molar-refractivity contribution >= 4 is 5.69 Å². The Balaban J connectivity index is 2.02. The van der Waals surface area contributed by atoms with E-state index in [4.69, 9.17) is 5.26 Å². The van der Waals surface area contributed by atoms with Gasteiger partial charge in [-0.15, -0.1) is 0 Å². The normalized spacial score (nSPS) is 9.78. The van der Waals surface area contributed by atoms with Crippen LogP contribution in [0.1, 0.15) is 16.7 Å². The van der Waals surface area contributed by atoms with Crippen LogP contribution in [0.15, 0.2) is 42.5 Å². The third-order valence-electron chi connectivity index (χ3n) is 2.78. The van der Waals surface area contributed by atoms with Crippen molar-refractivity contribution in [2.24, 2.45) is 0 Å². The highest BCUT2D eigenvalue weighted by Gasteiger charge is 1.98. The molecule has 0 radical (unpaired) electrons. The number of phenolic OH excluding ortho intramolecular Hbond substituents is 1. The average Bonchev–Trinajstić information content (AvgIpc) is 2.41. The predicted octanol–water partition coefficient (Wildman–Crippen LogP) is 3.18. The van der Waals surface area contributed by atoms with Gasteiger partial charge in [0.1, 0.15) is 5.75 Å². The van der Waals surface area contributed by atoms with E-state index in [1.807, 2.05) is 31.2 Å². The summed E-state index contributed by atoms with van der Waals surface area (Å²) in [6, 6.07) is 15.0. The standard InChI is InChI=1S/C15H14N2O/c1-11-8-14(6-7-15(11)18)17-10-13-4-2-12(9-16)3-5-13/h2-8,17-18H,10H2,1H3. The Morgan fingerprint density at radius 1 is 1.17 bits per heavy atom. The molecule has 0 atom stereocenters. The number of phenols is 1. The maximum absolute atomic E-state index is 9.43. The van der Waals surface area contributed by atoms with Gasteiger partial charge in [0, 0.05) is 12.2 Å². The third kappa shape index (κ3) is 2.80. The van der Waals surface area contributed by atoms with Gasteiger partial charge in [-0.05, 0) is 48.4 Å². The van der Waals surface area contributed by atoms with Crippen molar-refractivity contribution < 1.29 is 5.11 Å². The summed E-state index contributed by atoms with van der Waals surface area (Å²) in [6.07, 6.45) is 0. The highest BCUT2D eigenvalue weighted by Crippen LogP contribution is 2.20. The van der Waals surface area contributed by atoms with Gasteiger partial charge in [0.05, 0.1) is 11.6 Å². The molecular formula is C15H14N2O. The second-order valence-corrected chi connectivity index (χ2v) is 4.16. The van der Waals surface area contributed by atoms with Crippen LogP contribution in [0.4, 0.5) is 5.69 Å². The fraction of sp³-hybridized carbons (Fsp3) is 0.133. The zero-order valence-corrected chi connectivity index (χ0v) is 10.1. The molecule has 0 aliphatic rings. The van der Waals surface area contributed by atoms with E-state index in [1.165, 1.54) is 0 Å². The molecule has 0 saturated heterocycles. The van der Waals surface area contributed by atoms with Crippen LogP contribution in [-0.4, -0.2) is 5.11 Å². The maximum Gasteiger partial charge on any atom is 0.118 e. The van der Waals surface area contributed by atoms with Crippen LogP contribution < -0.4 is 5.32 Å². The average molecular weight is 238 g/mol. The number of rotatable bonds is 3. The van der Waals surface area contributed by atoms with Gasteiger partial charge in [0.25, 0.3) is 0 Å². The number of aromatic hydroxyl groups is 1. The lowest BCUT2D eigenvalue weighted by molar-refractivity contribution is 0.471. The summed E-state index contributed by atoms with van der Waals surface area (Å²) in [5.74, 6) is 0.305. The smallest absolute Gasteiger partial charge is 0.118 e. The second-order valence-electron chi connectivity index (χ2n) is 4.16. The summed E-state index contributed by atoms with van der Waals surface area (Å²) in [5, 5.41) is 21.4.